The lowest BCUT2D eigenvalue weighted by Gasteiger charge is -2.05. The third-order valence-corrected chi connectivity index (χ3v) is 3.22. The lowest BCUT2D eigenvalue weighted by atomic mass is 10.1. The van der Waals surface area contributed by atoms with Crippen molar-refractivity contribution in [2.75, 3.05) is 20.3 Å². The SMILES string of the molecule is CCCCCCCCOCCn1cc([N+](=O)[O-])nc1OC. The van der Waals surface area contributed by atoms with Gasteiger partial charge in [-0.2, -0.15) is 0 Å². The lowest BCUT2D eigenvalue weighted by Crippen LogP contribution is -2.07. The summed E-state index contributed by atoms with van der Waals surface area (Å²) in [6.07, 6.45) is 8.75. The van der Waals surface area contributed by atoms with E-state index in [1.165, 1.54) is 45.4 Å². The molecular weight excluding hydrogens is 274 g/mol. The number of hydrogen-bond acceptors (Lipinski definition) is 5. The summed E-state index contributed by atoms with van der Waals surface area (Å²) in [6, 6.07) is 0.241. The molecule has 1 heterocycles. The number of methoxy groups -OCH3 is 1. The molecule has 0 amide bonds. The molecular formula is C14H25N3O4. The molecule has 0 bridgehead atoms. The Hall–Kier alpha value is -1.63. The van der Waals surface area contributed by atoms with Crippen molar-refractivity contribution in [3.63, 3.8) is 0 Å². The van der Waals surface area contributed by atoms with Crippen LogP contribution in [0, 0.1) is 10.1 Å². The number of ether oxygens (including phenoxy) is 2. The van der Waals surface area contributed by atoms with E-state index in [0.717, 1.165) is 13.0 Å². The molecule has 1 aromatic heterocycles. The fourth-order valence-corrected chi connectivity index (χ4v) is 2.05. The van der Waals surface area contributed by atoms with Crippen molar-refractivity contribution in [3.8, 4) is 6.01 Å². The summed E-state index contributed by atoms with van der Waals surface area (Å²) in [5.41, 5.74) is 0. The monoisotopic (exact) mass is 299 g/mol. The standard InChI is InChI=1S/C14H25N3O4/c1-3-4-5-6-7-8-10-21-11-9-16-12-13(17(18)19)15-14(16)20-2/h12H,3-11H2,1-2H3. The summed E-state index contributed by atoms with van der Waals surface area (Å²) in [5.74, 6) is -0.206. The highest BCUT2D eigenvalue weighted by Gasteiger charge is 2.18. The molecule has 1 rings (SSSR count). The molecule has 21 heavy (non-hydrogen) atoms. The van der Waals surface area contributed by atoms with Crippen molar-refractivity contribution < 1.29 is 14.4 Å². The zero-order valence-corrected chi connectivity index (χ0v) is 12.9. The van der Waals surface area contributed by atoms with Crippen LogP contribution in [0.1, 0.15) is 45.4 Å². The van der Waals surface area contributed by atoms with Gasteiger partial charge in [0.15, 0.2) is 0 Å². The van der Waals surface area contributed by atoms with E-state index in [-0.39, 0.29) is 11.8 Å². The third kappa shape index (κ3) is 6.57. The van der Waals surface area contributed by atoms with Crippen LogP contribution in [0.3, 0.4) is 0 Å². The van der Waals surface area contributed by atoms with Crippen LogP contribution in [0.5, 0.6) is 6.01 Å². The van der Waals surface area contributed by atoms with Crippen LogP contribution < -0.4 is 4.74 Å². The Kier molecular flexibility index (Phi) is 8.42. The van der Waals surface area contributed by atoms with Gasteiger partial charge in [0.25, 0.3) is 0 Å². The maximum atomic E-state index is 10.6. The van der Waals surface area contributed by atoms with Crippen molar-refractivity contribution in [2.45, 2.75) is 52.0 Å². The van der Waals surface area contributed by atoms with Gasteiger partial charge in [0.2, 0.25) is 0 Å². The number of nitrogens with zero attached hydrogens (tertiary/aromatic N) is 3. The molecule has 0 unspecified atom stereocenters. The van der Waals surface area contributed by atoms with Crippen molar-refractivity contribution in [1.82, 2.24) is 9.55 Å². The molecule has 0 aliphatic carbocycles. The normalized spacial score (nSPS) is 10.8. The van der Waals surface area contributed by atoms with Crippen LogP contribution in [0.25, 0.3) is 0 Å². The van der Waals surface area contributed by atoms with Crippen molar-refractivity contribution in [2.24, 2.45) is 0 Å². The Bertz CT molecular complexity index is 420. The summed E-state index contributed by atoms with van der Waals surface area (Å²) >= 11 is 0. The van der Waals surface area contributed by atoms with E-state index < -0.39 is 4.92 Å². The van der Waals surface area contributed by atoms with Gasteiger partial charge in [-0.15, -0.1) is 0 Å². The van der Waals surface area contributed by atoms with Crippen molar-refractivity contribution >= 4 is 5.82 Å². The molecule has 0 spiro atoms. The molecule has 0 aromatic carbocycles. The van der Waals surface area contributed by atoms with E-state index >= 15 is 0 Å². The van der Waals surface area contributed by atoms with Gasteiger partial charge in [-0.05, 0) is 11.3 Å². The Morgan fingerprint density at radius 1 is 1.24 bits per heavy atom. The van der Waals surface area contributed by atoms with Gasteiger partial charge in [0.05, 0.1) is 20.3 Å². The van der Waals surface area contributed by atoms with Crippen LogP contribution in [0.15, 0.2) is 6.20 Å². The molecule has 0 saturated heterocycles. The van der Waals surface area contributed by atoms with Crippen LogP contribution in [0.4, 0.5) is 5.82 Å². The van der Waals surface area contributed by atoms with E-state index in [2.05, 4.69) is 11.9 Å². The summed E-state index contributed by atoms with van der Waals surface area (Å²) in [4.78, 5) is 13.9. The smallest absolute Gasteiger partial charge is 0.414 e. The van der Waals surface area contributed by atoms with Crippen LogP contribution >= 0.6 is 0 Å². The first-order valence-electron chi connectivity index (χ1n) is 7.52. The van der Waals surface area contributed by atoms with Crippen molar-refractivity contribution in [1.29, 1.82) is 0 Å². The zero-order valence-electron chi connectivity index (χ0n) is 12.9. The minimum Gasteiger partial charge on any atom is -0.449 e. The second kappa shape index (κ2) is 10.1. The van der Waals surface area contributed by atoms with E-state index in [9.17, 15) is 10.1 Å². The van der Waals surface area contributed by atoms with E-state index in [0.29, 0.717) is 13.2 Å². The van der Waals surface area contributed by atoms with Crippen LogP contribution in [-0.2, 0) is 11.3 Å². The van der Waals surface area contributed by atoms with Crippen LogP contribution in [-0.4, -0.2) is 34.8 Å². The number of aromatic nitrogens is 2. The van der Waals surface area contributed by atoms with Gasteiger partial charge in [0.1, 0.15) is 6.20 Å². The average Bonchev–Trinajstić information content (AvgIpc) is 2.89. The zero-order chi connectivity index (χ0) is 15.5. The molecule has 0 radical (unpaired) electrons. The van der Waals surface area contributed by atoms with Gasteiger partial charge >= 0.3 is 11.8 Å². The number of unbranched alkanes of at least 4 members (excludes halogenated alkanes) is 5. The summed E-state index contributed by atoms with van der Waals surface area (Å²) < 4.78 is 12.1. The molecule has 0 fully saturated rings. The molecule has 120 valence electrons. The van der Waals surface area contributed by atoms with Gasteiger partial charge < -0.3 is 19.6 Å². The fraction of sp³-hybridized carbons (Fsp3) is 0.786. The molecule has 7 heteroatoms. The topological polar surface area (TPSA) is 79.4 Å². The molecule has 0 aliphatic rings. The quantitative estimate of drug-likeness (QED) is 0.336. The van der Waals surface area contributed by atoms with Gasteiger partial charge in [0, 0.05) is 11.6 Å². The van der Waals surface area contributed by atoms with Gasteiger partial charge in [-0.25, -0.2) is 0 Å². The molecule has 7 nitrogen and oxygen atoms in total. The maximum Gasteiger partial charge on any atom is 0.414 e. The summed E-state index contributed by atoms with van der Waals surface area (Å²) in [5, 5.41) is 10.6. The first-order chi connectivity index (χ1) is 10.2. The maximum absolute atomic E-state index is 10.6. The number of nitro groups is 1. The minimum atomic E-state index is -0.532. The lowest BCUT2D eigenvalue weighted by molar-refractivity contribution is -0.389. The van der Waals surface area contributed by atoms with E-state index in [1.807, 2.05) is 0 Å². The highest BCUT2D eigenvalue weighted by Crippen LogP contribution is 2.16. The second-order valence-corrected chi connectivity index (χ2v) is 4.92. The first kappa shape index (κ1) is 17.4. The van der Waals surface area contributed by atoms with E-state index in [1.54, 1.807) is 4.57 Å². The van der Waals surface area contributed by atoms with Gasteiger partial charge in [-0.1, -0.05) is 39.0 Å². The molecule has 0 saturated carbocycles. The molecule has 0 atom stereocenters. The fourth-order valence-electron chi connectivity index (χ4n) is 2.05. The highest BCUT2D eigenvalue weighted by molar-refractivity contribution is 5.20. The van der Waals surface area contributed by atoms with Crippen molar-refractivity contribution in [3.05, 3.63) is 16.3 Å². The summed E-state index contributed by atoms with van der Waals surface area (Å²) in [7, 11) is 1.44. The average molecular weight is 299 g/mol. The number of rotatable bonds is 12. The third-order valence-electron chi connectivity index (χ3n) is 3.22. The largest absolute Gasteiger partial charge is 0.449 e. The first-order valence-corrected chi connectivity index (χ1v) is 7.52. The predicted molar refractivity (Wildman–Crippen MR) is 79.6 cm³/mol. The Balaban J connectivity index is 2.16. The number of imidazole rings is 1. The minimum absolute atomic E-state index is 0.206. The Morgan fingerprint density at radius 2 is 1.95 bits per heavy atom. The Labute approximate surface area is 125 Å². The summed E-state index contributed by atoms with van der Waals surface area (Å²) in [6.45, 7) is 3.93. The molecule has 1 aromatic rings. The Morgan fingerprint density at radius 3 is 2.62 bits per heavy atom. The van der Waals surface area contributed by atoms with E-state index in [4.69, 9.17) is 9.47 Å². The highest BCUT2D eigenvalue weighted by atomic mass is 16.6. The second-order valence-electron chi connectivity index (χ2n) is 4.92. The molecule has 0 aliphatic heterocycles. The van der Waals surface area contributed by atoms with Crippen LogP contribution in [0.2, 0.25) is 0 Å². The predicted octanol–water partition coefficient (Wildman–Crippen LogP) is 3.18. The van der Waals surface area contributed by atoms with Gasteiger partial charge in [-0.3, -0.25) is 4.57 Å². The molecule has 0 N–H and O–H groups in total. The number of hydrogen-bond donors (Lipinski definition) is 0.